The van der Waals surface area contributed by atoms with E-state index in [2.05, 4.69) is 50.1 Å². The summed E-state index contributed by atoms with van der Waals surface area (Å²) in [4.78, 5) is 21.1. The first kappa shape index (κ1) is 37.9. The van der Waals surface area contributed by atoms with E-state index in [4.69, 9.17) is 19.5 Å². The smallest absolute Gasteiger partial charge is 0.308 e. The summed E-state index contributed by atoms with van der Waals surface area (Å²) >= 11 is 0. The number of ether oxygens (including phenoxy) is 2. The van der Waals surface area contributed by atoms with Crippen LogP contribution >= 0.6 is 0 Å². The van der Waals surface area contributed by atoms with Crippen molar-refractivity contribution >= 4 is 5.97 Å². The molecule has 2 rings (SSSR count). The molecule has 0 aromatic rings. The Hall–Kier alpha value is -2.23. The van der Waals surface area contributed by atoms with E-state index in [0.29, 0.717) is 18.4 Å². The van der Waals surface area contributed by atoms with Gasteiger partial charge in [-0.2, -0.15) is 4.89 Å². The summed E-state index contributed by atoms with van der Waals surface area (Å²) in [6, 6.07) is 0. The molecule has 0 saturated heterocycles. The standard InChI is InChI=1S/C20H32O4.C10H16O2.2CH4/c1-7-16(3)19(21)23-14-18-12-17(20(18,4)5)11-9-8-10-15(2)13-24-22-6;1-10(2)8(4-5-12-3)6-9(10)7-11;;/h9,13,16,18H,7-8,10,12,14H2,1-6H3;5,9,11H,6-7H2,1-3H3;2*1H4/b15-13+;;;. The van der Waals surface area contributed by atoms with Gasteiger partial charge in [0, 0.05) is 12.5 Å². The van der Waals surface area contributed by atoms with Crippen LogP contribution in [0.25, 0.3) is 0 Å². The van der Waals surface area contributed by atoms with E-state index in [1.165, 1.54) is 18.3 Å². The van der Waals surface area contributed by atoms with Gasteiger partial charge in [0.05, 0.1) is 26.7 Å². The molecule has 38 heavy (non-hydrogen) atoms. The van der Waals surface area contributed by atoms with Crippen LogP contribution in [0.15, 0.2) is 46.8 Å². The fraction of sp³-hybridized carbons (Fsp3) is 0.719. The molecule has 2 aliphatic rings. The van der Waals surface area contributed by atoms with E-state index in [1.54, 1.807) is 19.6 Å². The first-order valence-corrected chi connectivity index (χ1v) is 13.0. The third kappa shape index (κ3) is 10.9. The molecule has 2 fully saturated rings. The van der Waals surface area contributed by atoms with Gasteiger partial charge >= 0.3 is 5.97 Å². The van der Waals surface area contributed by atoms with Gasteiger partial charge in [0.2, 0.25) is 0 Å². The maximum absolute atomic E-state index is 11.8. The minimum atomic E-state index is -0.0817. The van der Waals surface area contributed by atoms with Crippen LogP contribution in [0.1, 0.15) is 95.4 Å². The molecule has 0 aromatic heterocycles. The van der Waals surface area contributed by atoms with Gasteiger partial charge in [0.1, 0.15) is 12.5 Å². The third-order valence-corrected chi connectivity index (χ3v) is 7.82. The van der Waals surface area contributed by atoms with Crippen LogP contribution < -0.4 is 0 Å². The van der Waals surface area contributed by atoms with Crippen molar-refractivity contribution in [2.75, 3.05) is 27.4 Å². The van der Waals surface area contributed by atoms with Crippen LogP contribution in [-0.2, 0) is 24.0 Å². The van der Waals surface area contributed by atoms with Gasteiger partial charge in [-0.1, -0.05) is 62.1 Å². The lowest BCUT2D eigenvalue weighted by atomic mass is 9.59. The van der Waals surface area contributed by atoms with Crippen molar-refractivity contribution < 1.29 is 29.1 Å². The highest BCUT2D eigenvalue weighted by Gasteiger charge is 2.44. The summed E-state index contributed by atoms with van der Waals surface area (Å²) in [5.41, 5.74) is 10.3. The second-order valence-corrected chi connectivity index (χ2v) is 10.9. The zero-order chi connectivity index (χ0) is 27.4. The monoisotopic (exact) mass is 536 g/mol. The average Bonchev–Trinajstić information content (AvgIpc) is 2.85. The summed E-state index contributed by atoms with van der Waals surface area (Å²) in [5, 5.41) is 8.98. The van der Waals surface area contributed by atoms with E-state index in [1.807, 2.05) is 20.8 Å². The largest absolute Gasteiger partial charge is 0.496 e. The number of aliphatic hydroxyl groups is 1. The van der Waals surface area contributed by atoms with Gasteiger partial charge < -0.3 is 19.5 Å². The zero-order valence-electron chi connectivity index (χ0n) is 23.9. The second kappa shape index (κ2) is 18.1. The van der Waals surface area contributed by atoms with Crippen molar-refractivity contribution in [3.05, 3.63) is 46.8 Å². The molecule has 0 heterocycles. The van der Waals surface area contributed by atoms with Crippen molar-refractivity contribution in [3.8, 4) is 0 Å². The first-order chi connectivity index (χ1) is 16.9. The Balaban J connectivity index is 0. The van der Waals surface area contributed by atoms with Crippen LogP contribution in [0, 0.1) is 28.6 Å². The quantitative estimate of drug-likeness (QED) is 0.0949. The Labute approximate surface area is 233 Å². The highest BCUT2D eigenvalue weighted by molar-refractivity contribution is 5.71. The average molecular weight is 537 g/mol. The van der Waals surface area contributed by atoms with E-state index >= 15 is 0 Å². The summed E-state index contributed by atoms with van der Waals surface area (Å²) in [5.74, 6) is 0.687. The first-order valence-electron chi connectivity index (χ1n) is 13.0. The number of esters is 1. The Kier molecular flexibility index (Phi) is 18.1. The normalized spacial score (nSPS) is 21.2. The van der Waals surface area contributed by atoms with Crippen LogP contribution in [0.2, 0.25) is 0 Å². The fourth-order valence-electron chi connectivity index (χ4n) is 4.12. The maximum atomic E-state index is 11.8. The Morgan fingerprint density at radius 2 is 1.66 bits per heavy atom. The van der Waals surface area contributed by atoms with E-state index < -0.39 is 0 Å². The van der Waals surface area contributed by atoms with Crippen molar-refractivity contribution in [1.29, 1.82) is 0 Å². The highest BCUT2D eigenvalue weighted by Crippen LogP contribution is 2.51. The Morgan fingerprint density at radius 1 is 1.08 bits per heavy atom. The molecule has 3 unspecified atom stereocenters. The van der Waals surface area contributed by atoms with Crippen LogP contribution in [-0.4, -0.2) is 38.5 Å². The van der Waals surface area contributed by atoms with Gasteiger partial charge in [0.25, 0.3) is 0 Å². The predicted octanol–water partition coefficient (Wildman–Crippen LogP) is 7.95. The number of methoxy groups -OCH3 is 1. The zero-order valence-corrected chi connectivity index (χ0v) is 23.9. The molecular weight excluding hydrogens is 480 g/mol. The lowest BCUT2D eigenvalue weighted by Crippen LogP contribution is -2.41. The molecule has 0 aromatic carbocycles. The van der Waals surface area contributed by atoms with Gasteiger partial charge in [-0.3, -0.25) is 4.79 Å². The topological polar surface area (TPSA) is 74.2 Å². The Bertz CT molecular complexity index is 866. The predicted molar refractivity (Wildman–Crippen MR) is 156 cm³/mol. The SMILES string of the molecule is C.C.CCC(C)C(=O)OCC1CC(=C=CCC/C(C)=C/OOC)C1(C)C.COC=C=C1CC(CO)C1(C)C. The minimum Gasteiger partial charge on any atom is -0.496 e. The number of allylic oxidation sites excluding steroid dienone is 3. The van der Waals surface area contributed by atoms with Crippen molar-refractivity contribution in [2.24, 2.45) is 28.6 Å². The molecule has 2 aliphatic carbocycles. The second-order valence-electron chi connectivity index (χ2n) is 10.9. The summed E-state index contributed by atoms with van der Waals surface area (Å²) in [6.45, 7) is 15.4. The third-order valence-electron chi connectivity index (χ3n) is 7.82. The molecule has 0 amide bonds. The molecule has 0 spiro atoms. The lowest BCUT2D eigenvalue weighted by molar-refractivity contribution is -0.223. The number of aliphatic hydroxyl groups excluding tert-OH is 1. The molecule has 6 heteroatoms. The van der Waals surface area contributed by atoms with Gasteiger partial charge in [0.15, 0.2) is 0 Å². The molecule has 6 nitrogen and oxygen atoms in total. The summed E-state index contributed by atoms with van der Waals surface area (Å²) < 4.78 is 10.2. The molecule has 2 saturated carbocycles. The van der Waals surface area contributed by atoms with Crippen molar-refractivity contribution in [2.45, 2.75) is 95.4 Å². The maximum Gasteiger partial charge on any atom is 0.308 e. The van der Waals surface area contributed by atoms with E-state index in [9.17, 15) is 4.79 Å². The molecule has 0 aliphatic heterocycles. The van der Waals surface area contributed by atoms with Crippen LogP contribution in [0.4, 0.5) is 0 Å². The van der Waals surface area contributed by atoms with Crippen molar-refractivity contribution in [1.82, 2.24) is 0 Å². The van der Waals surface area contributed by atoms with Gasteiger partial charge in [-0.05, 0) is 78.6 Å². The van der Waals surface area contributed by atoms with E-state index in [-0.39, 0.29) is 44.2 Å². The van der Waals surface area contributed by atoms with Gasteiger partial charge in [-0.15, -0.1) is 5.73 Å². The fourth-order valence-corrected chi connectivity index (χ4v) is 4.12. The van der Waals surface area contributed by atoms with Crippen LogP contribution in [0.3, 0.4) is 0 Å². The number of rotatable bonds is 11. The summed E-state index contributed by atoms with van der Waals surface area (Å²) in [7, 11) is 3.10. The number of hydrogen-bond donors (Lipinski definition) is 1. The van der Waals surface area contributed by atoms with Crippen LogP contribution in [0.5, 0.6) is 0 Å². The number of carbonyl (C=O) groups is 1. The van der Waals surface area contributed by atoms with E-state index in [0.717, 1.165) is 37.7 Å². The Morgan fingerprint density at radius 3 is 2.16 bits per heavy atom. The summed E-state index contributed by atoms with van der Waals surface area (Å²) in [6.07, 6.45) is 9.85. The molecule has 0 bridgehead atoms. The molecular formula is C32H56O6. The minimum absolute atomic E-state index is 0. The van der Waals surface area contributed by atoms with Crippen molar-refractivity contribution in [3.63, 3.8) is 0 Å². The molecule has 0 radical (unpaired) electrons. The van der Waals surface area contributed by atoms with Gasteiger partial charge in [-0.25, -0.2) is 0 Å². The lowest BCUT2D eigenvalue weighted by Gasteiger charge is -2.45. The highest BCUT2D eigenvalue weighted by atomic mass is 17.2. The number of carbonyl (C=O) groups excluding carboxylic acids is 1. The molecule has 1 N–H and O–H groups in total. The number of hydrogen-bond acceptors (Lipinski definition) is 6. The molecule has 3 atom stereocenters. The molecule has 220 valence electrons.